The average Bonchev–Trinajstić information content (AvgIpc) is 2.44. The largest absolute Gasteiger partial charge is 0.462 e. The Kier molecular flexibility index (Phi) is 6.85. The Morgan fingerprint density at radius 1 is 0.880 bits per heavy atom. The maximum atomic E-state index is 12.9. The molecule has 1 aliphatic carbocycles. The van der Waals surface area contributed by atoms with Crippen LogP contribution in [0.5, 0.6) is 0 Å². The van der Waals surface area contributed by atoms with Crippen LogP contribution < -0.4 is 0 Å². The molecule has 1 rings (SSSR count). The highest BCUT2D eigenvalue weighted by Crippen LogP contribution is 2.49. The zero-order valence-electron chi connectivity index (χ0n) is 18.7. The Bertz CT molecular complexity index is 442. The summed E-state index contributed by atoms with van der Waals surface area (Å²) in [5.74, 6) is 0.734. The van der Waals surface area contributed by atoms with Gasteiger partial charge < -0.3 is 4.74 Å². The molecule has 0 aromatic carbocycles. The van der Waals surface area contributed by atoms with Crippen molar-refractivity contribution in [3.63, 3.8) is 0 Å². The van der Waals surface area contributed by atoms with Crippen LogP contribution in [-0.4, -0.2) is 12.1 Å². The summed E-state index contributed by atoms with van der Waals surface area (Å²) >= 11 is 0. The molecule has 0 heterocycles. The topological polar surface area (TPSA) is 26.3 Å². The SMILES string of the molecule is CCC(C)(CC(C)(C)C)C(=O)OC1CCC(C(C)(C)C(C)(C)C)CC1. The minimum Gasteiger partial charge on any atom is -0.462 e. The van der Waals surface area contributed by atoms with Crippen LogP contribution in [0.15, 0.2) is 0 Å². The van der Waals surface area contributed by atoms with E-state index in [2.05, 4.69) is 69.2 Å². The molecule has 0 saturated heterocycles. The second-order valence-corrected chi connectivity index (χ2v) is 11.5. The fourth-order valence-corrected chi connectivity index (χ4v) is 4.32. The van der Waals surface area contributed by atoms with E-state index in [0.29, 0.717) is 10.8 Å². The number of rotatable bonds is 5. The molecule has 0 radical (unpaired) electrons. The van der Waals surface area contributed by atoms with Crippen molar-refractivity contribution >= 4 is 5.97 Å². The van der Waals surface area contributed by atoms with E-state index in [9.17, 15) is 4.79 Å². The van der Waals surface area contributed by atoms with Gasteiger partial charge in [-0.2, -0.15) is 0 Å². The second-order valence-electron chi connectivity index (χ2n) is 11.5. The molecule has 0 spiro atoms. The van der Waals surface area contributed by atoms with Crippen LogP contribution in [0, 0.1) is 27.6 Å². The van der Waals surface area contributed by atoms with Gasteiger partial charge in [0.2, 0.25) is 0 Å². The second kappa shape index (κ2) is 7.61. The van der Waals surface area contributed by atoms with Crippen molar-refractivity contribution in [1.29, 1.82) is 0 Å². The Morgan fingerprint density at radius 2 is 1.36 bits per heavy atom. The predicted molar refractivity (Wildman–Crippen MR) is 108 cm³/mol. The van der Waals surface area contributed by atoms with E-state index in [4.69, 9.17) is 4.74 Å². The first kappa shape index (κ1) is 22.5. The third-order valence-electron chi connectivity index (χ3n) is 7.10. The normalized spacial score (nSPS) is 25.4. The van der Waals surface area contributed by atoms with Gasteiger partial charge in [0.15, 0.2) is 0 Å². The summed E-state index contributed by atoms with van der Waals surface area (Å²) in [6.07, 6.45) is 6.22. The van der Waals surface area contributed by atoms with Crippen molar-refractivity contribution in [3.05, 3.63) is 0 Å². The average molecular weight is 353 g/mol. The molecule has 0 bridgehead atoms. The summed E-state index contributed by atoms with van der Waals surface area (Å²) in [4.78, 5) is 12.9. The van der Waals surface area contributed by atoms with Crippen molar-refractivity contribution in [2.24, 2.45) is 27.6 Å². The standard InChI is InChI=1S/C23H44O2/c1-11-23(10,16-20(2,3)4)19(24)25-18-14-12-17(13-15-18)22(8,9)21(5,6)7/h17-18H,11-16H2,1-10H3. The molecule has 1 saturated carbocycles. The highest BCUT2D eigenvalue weighted by Gasteiger charge is 2.43. The minimum atomic E-state index is -0.361. The summed E-state index contributed by atoms with van der Waals surface area (Å²) < 4.78 is 6.00. The van der Waals surface area contributed by atoms with Gasteiger partial charge in [0.05, 0.1) is 5.41 Å². The predicted octanol–water partition coefficient (Wildman–Crippen LogP) is 7.01. The van der Waals surface area contributed by atoms with E-state index in [1.165, 1.54) is 12.8 Å². The molecule has 148 valence electrons. The fraction of sp³-hybridized carbons (Fsp3) is 0.957. The lowest BCUT2D eigenvalue weighted by molar-refractivity contribution is -0.165. The molecule has 0 amide bonds. The molecule has 1 aliphatic rings. The lowest BCUT2D eigenvalue weighted by atomic mass is 9.58. The molecule has 25 heavy (non-hydrogen) atoms. The van der Waals surface area contributed by atoms with Gasteiger partial charge in [-0.1, -0.05) is 62.3 Å². The number of carbonyl (C=O) groups excluding carboxylic acids is 1. The molecule has 2 nitrogen and oxygen atoms in total. The Labute approximate surface area is 157 Å². The monoisotopic (exact) mass is 352 g/mol. The van der Waals surface area contributed by atoms with Crippen LogP contribution in [0.4, 0.5) is 0 Å². The van der Waals surface area contributed by atoms with Crippen molar-refractivity contribution in [3.8, 4) is 0 Å². The first-order valence-electron chi connectivity index (χ1n) is 10.3. The molecular formula is C23H44O2. The van der Waals surface area contributed by atoms with Crippen LogP contribution in [0.2, 0.25) is 0 Å². The number of ether oxygens (including phenoxy) is 1. The third-order valence-corrected chi connectivity index (χ3v) is 7.10. The first-order valence-corrected chi connectivity index (χ1v) is 10.3. The van der Waals surface area contributed by atoms with E-state index < -0.39 is 0 Å². The Balaban J connectivity index is 2.66. The molecular weight excluding hydrogens is 308 g/mol. The Hall–Kier alpha value is -0.530. The highest BCUT2D eigenvalue weighted by molar-refractivity contribution is 5.76. The smallest absolute Gasteiger partial charge is 0.312 e. The number of hydrogen-bond acceptors (Lipinski definition) is 2. The van der Waals surface area contributed by atoms with Crippen molar-refractivity contribution in [2.75, 3.05) is 0 Å². The summed E-state index contributed by atoms with van der Waals surface area (Å²) in [7, 11) is 0. The van der Waals surface area contributed by atoms with E-state index in [1.54, 1.807) is 0 Å². The van der Waals surface area contributed by atoms with Crippen LogP contribution >= 0.6 is 0 Å². The third kappa shape index (κ3) is 5.73. The van der Waals surface area contributed by atoms with Gasteiger partial charge in [0, 0.05) is 0 Å². The molecule has 0 aromatic rings. The van der Waals surface area contributed by atoms with Gasteiger partial charge in [0.1, 0.15) is 6.10 Å². The van der Waals surface area contributed by atoms with Crippen LogP contribution in [0.1, 0.15) is 108 Å². The van der Waals surface area contributed by atoms with Gasteiger partial charge >= 0.3 is 5.97 Å². The summed E-state index contributed by atoms with van der Waals surface area (Å²) in [6, 6.07) is 0. The first-order chi connectivity index (χ1) is 11.1. The van der Waals surface area contributed by atoms with Crippen molar-refractivity contribution in [2.45, 2.75) is 114 Å². The molecule has 0 aliphatic heterocycles. The van der Waals surface area contributed by atoms with Gasteiger partial charge in [-0.3, -0.25) is 4.79 Å². The number of hydrogen-bond donors (Lipinski definition) is 0. The summed E-state index contributed by atoms with van der Waals surface area (Å²) in [6.45, 7) is 22.6. The van der Waals surface area contributed by atoms with E-state index in [0.717, 1.165) is 31.6 Å². The molecule has 1 fully saturated rings. The van der Waals surface area contributed by atoms with E-state index >= 15 is 0 Å². The maximum Gasteiger partial charge on any atom is 0.312 e. The summed E-state index contributed by atoms with van der Waals surface area (Å²) in [5, 5.41) is 0. The molecule has 0 aromatic heterocycles. The van der Waals surface area contributed by atoms with Gasteiger partial charge in [-0.05, 0) is 67.6 Å². The van der Waals surface area contributed by atoms with Crippen molar-refractivity contribution in [1.82, 2.24) is 0 Å². The van der Waals surface area contributed by atoms with Gasteiger partial charge in [0.25, 0.3) is 0 Å². The maximum absolute atomic E-state index is 12.9. The lowest BCUT2D eigenvalue weighted by Gasteiger charge is -2.47. The fourth-order valence-electron chi connectivity index (χ4n) is 4.32. The molecule has 1 atom stereocenters. The van der Waals surface area contributed by atoms with Gasteiger partial charge in [-0.15, -0.1) is 0 Å². The zero-order chi connectivity index (χ0) is 19.7. The lowest BCUT2D eigenvalue weighted by Crippen LogP contribution is -2.41. The quantitative estimate of drug-likeness (QED) is 0.497. The molecule has 1 unspecified atom stereocenters. The zero-order valence-corrected chi connectivity index (χ0v) is 18.7. The number of carbonyl (C=O) groups is 1. The van der Waals surface area contributed by atoms with E-state index in [-0.39, 0.29) is 22.9 Å². The Morgan fingerprint density at radius 3 is 1.72 bits per heavy atom. The minimum absolute atomic E-state index is 0.0171. The van der Waals surface area contributed by atoms with Crippen molar-refractivity contribution < 1.29 is 9.53 Å². The molecule has 2 heteroatoms. The van der Waals surface area contributed by atoms with Crippen LogP contribution in [0.25, 0.3) is 0 Å². The van der Waals surface area contributed by atoms with Crippen LogP contribution in [-0.2, 0) is 9.53 Å². The van der Waals surface area contributed by atoms with Gasteiger partial charge in [-0.25, -0.2) is 0 Å². The highest BCUT2D eigenvalue weighted by atomic mass is 16.5. The number of esters is 1. The molecule has 0 N–H and O–H groups in total. The summed E-state index contributed by atoms with van der Waals surface area (Å²) in [5.41, 5.74) is 0.388. The van der Waals surface area contributed by atoms with E-state index in [1.807, 2.05) is 0 Å². The van der Waals surface area contributed by atoms with Crippen LogP contribution in [0.3, 0.4) is 0 Å².